The first-order valence-corrected chi connectivity index (χ1v) is 9.73. The van der Waals surface area contributed by atoms with Crippen LogP contribution >= 0.6 is 11.8 Å². The third kappa shape index (κ3) is 3.38. The molecule has 1 saturated carbocycles. The van der Waals surface area contributed by atoms with Gasteiger partial charge in [-0.2, -0.15) is 0 Å². The molecule has 7 heteroatoms. The summed E-state index contributed by atoms with van der Waals surface area (Å²) in [7, 11) is 0. The van der Waals surface area contributed by atoms with Gasteiger partial charge in [-0.15, -0.1) is 5.10 Å². The van der Waals surface area contributed by atoms with Crippen molar-refractivity contribution in [1.29, 1.82) is 0 Å². The van der Waals surface area contributed by atoms with Gasteiger partial charge in [-0.25, -0.2) is 9.89 Å². The van der Waals surface area contributed by atoms with Crippen LogP contribution in [0.4, 0.5) is 0 Å². The molecule has 0 saturated heterocycles. The Hall–Kier alpha value is -2.02. The summed E-state index contributed by atoms with van der Waals surface area (Å²) >= 11 is 1.35. The number of amides is 1. The number of hydrogen-bond donors (Lipinski definition) is 2. The minimum absolute atomic E-state index is 0.00972. The molecule has 1 aromatic heterocycles. The van der Waals surface area contributed by atoms with Crippen molar-refractivity contribution < 1.29 is 4.79 Å². The molecule has 132 valence electrons. The summed E-state index contributed by atoms with van der Waals surface area (Å²) in [6.45, 7) is 1.87. The second-order valence-electron chi connectivity index (χ2n) is 6.82. The summed E-state index contributed by atoms with van der Waals surface area (Å²) in [6.07, 6.45) is 5.14. The highest BCUT2D eigenvalue weighted by Crippen LogP contribution is 2.37. The number of nitrogens with one attached hydrogen (secondary N) is 2. The monoisotopic (exact) mass is 358 g/mol. The Kier molecular flexibility index (Phi) is 4.41. The molecule has 1 amide bonds. The maximum absolute atomic E-state index is 12.7. The van der Waals surface area contributed by atoms with Gasteiger partial charge in [0.25, 0.3) is 0 Å². The molecule has 0 unspecified atom stereocenters. The second-order valence-corrected chi connectivity index (χ2v) is 8.13. The molecule has 2 atom stereocenters. The molecule has 2 N–H and O–H groups in total. The van der Waals surface area contributed by atoms with Gasteiger partial charge in [0.15, 0.2) is 5.16 Å². The maximum Gasteiger partial charge on any atom is 0.344 e. The number of H-pyrrole nitrogens is 1. The van der Waals surface area contributed by atoms with Crippen LogP contribution in [0.15, 0.2) is 34.2 Å². The van der Waals surface area contributed by atoms with Gasteiger partial charge in [-0.1, -0.05) is 36.0 Å². The van der Waals surface area contributed by atoms with Gasteiger partial charge in [0.2, 0.25) is 5.91 Å². The molecular weight excluding hydrogens is 336 g/mol. The smallest absolute Gasteiger partial charge is 0.344 e. The van der Waals surface area contributed by atoms with Gasteiger partial charge < -0.3 is 5.32 Å². The summed E-state index contributed by atoms with van der Waals surface area (Å²) < 4.78 is 1.68. The van der Waals surface area contributed by atoms with E-state index in [0.717, 1.165) is 32.1 Å². The molecule has 2 aromatic rings. The molecule has 25 heavy (non-hydrogen) atoms. The van der Waals surface area contributed by atoms with Crippen molar-refractivity contribution in [3.05, 3.63) is 45.9 Å². The number of rotatable bonds is 5. The number of thioether (sulfide) groups is 1. The van der Waals surface area contributed by atoms with E-state index in [0.29, 0.717) is 5.16 Å². The molecule has 0 radical (unpaired) electrons. The SMILES string of the molecule is C[C@H](Sc1n[nH]c(=O)n1C1CC1)C(=O)N[C@@H]1CCCc2ccccc21. The Morgan fingerprint density at radius 3 is 2.96 bits per heavy atom. The van der Waals surface area contributed by atoms with Crippen molar-refractivity contribution in [3.8, 4) is 0 Å². The number of fused-ring (bicyclic) bond motifs is 1. The van der Waals surface area contributed by atoms with Crippen LogP contribution in [0, 0.1) is 0 Å². The summed E-state index contributed by atoms with van der Waals surface area (Å²) in [4.78, 5) is 24.5. The first-order chi connectivity index (χ1) is 12.1. The molecule has 1 aromatic carbocycles. The van der Waals surface area contributed by atoms with Gasteiger partial charge in [-0.05, 0) is 50.2 Å². The van der Waals surface area contributed by atoms with Crippen LogP contribution in [-0.4, -0.2) is 25.9 Å². The third-order valence-electron chi connectivity index (χ3n) is 4.92. The lowest BCUT2D eigenvalue weighted by atomic mass is 9.88. The topological polar surface area (TPSA) is 79.8 Å². The van der Waals surface area contributed by atoms with Crippen LogP contribution in [-0.2, 0) is 11.2 Å². The van der Waals surface area contributed by atoms with E-state index in [2.05, 4.69) is 33.7 Å². The lowest BCUT2D eigenvalue weighted by Gasteiger charge is -2.27. The summed E-state index contributed by atoms with van der Waals surface area (Å²) in [6, 6.07) is 8.65. The zero-order chi connectivity index (χ0) is 17.4. The van der Waals surface area contributed by atoms with E-state index in [-0.39, 0.29) is 28.9 Å². The fraction of sp³-hybridized carbons (Fsp3) is 0.500. The van der Waals surface area contributed by atoms with Gasteiger partial charge in [0.1, 0.15) is 0 Å². The van der Waals surface area contributed by atoms with Crippen molar-refractivity contribution >= 4 is 17.7 Å². The average Bonchev–Trinajstić information content (AvgIpc) is 3.39. The number of aromatic nitrogens is 3. The molecular formula is C18H22N4O2S. The van der Waals surface area contributed by atoms with E-state index in [4.69, 9.17) is 0 Å². The first-order valence-electron chi connectivity index (χ1n) is 8.85. The highest BCUT2D eigenvalue weighted by molar-refractivity contribution is 8.00. The largest absolute Gasteiger partial charge is 0.348 e. The molecule has 1 heterocycles. The molecule has 2 aliphatic rings. The molecule has 4 rings (SSSR count). The quantitative estimate of drug-likeness (QED) is 0.805. The molecule has 1 fully saturated rings. The predicted octanol–water partition coefficient (Wildman–Crippen LogP) is 2.58. The highest BCUT2D eigenvalue weighted by Gasteiger charge is 2.30. The van der Waals surface area contributed by atoms with Crippen molar-refractivity contribution in [3.63, 3.8) is 0 Å². The van der Waals surface area contributed by atoms with Crippen LogP contribution in [0.1, 0.15) is 55.8 Å². The Morgan fingerprint density at radius 2 is 2.16 bits per heavy atom. The van der Waals surface area contributed by atoms with E-state index in [9.17, 15) is 9.59 Å². The van der Waals surface area contributed by atoms with E-state index >= 15 is 0 Å². The van der Waals surface area contributed by atoms with E-state index in [1.807, 2.05) is 13.0 Å². The van der Waals surface area contributed by atoms with Crippen molar-refractivity contribution in [2.75, 3.05) is 0 Å². The van der Waals surface area contributed by atoms with Crippen LogP contribution < -0.4 is 11.0 Å². The Bertz CT molecular complexity index is 840. The molecule has 0 bridgehead atoms. The van der Waals surface area contributed by atoms with Gasteiger partial charge in [0.05, 0.1) is 11.3 Å². The number of aromatic amines is 1. The van der Waals surface area contributed by atoms with Gasteiger partial charge in [-0.3, -0.25) is 9.36 Å². The average molecular weight is 358 g/mol. The summed E-state index contributed by atoms with van der Waals surface area (Å²) in [5.41, 5.74) is 2.38. The Balaban J connectivity index is 1.44. The zero-order valence-electron chi connectivity index (χ0n) is 14.2. The number of aryl methyl sites for hydroxylation is 1. The maximum atomic E-state index is 12.7. The molecule has 6 nitrogen and oxygen atoms in total. The second kappa shape index (κ2) is 6.71. The standard InChI is InChI=1S/C18H22N4O2S/c1-11(25-18-21-20-17(24)22(18)13-9-10-13)16(23)19-15-8-4-6-12-5-2-3-7-14(12)15/h2-3,5,7,11,13,15H,4,6,8-10H2,1H3,(H,19,23)(H,20,24)/t11-,15+/m0/s1. The summed E-state index contributed by atoms with van der Waals surface area (Å²) in [5.74, 6) is -0.00972. The van der Waals surface area contributed by atoms with E-state index in [1.54, 1.807) is 4.57 Å². The fourth-order valence-electron chi connectivity index (χ4n) is 3.43. The fourth-order valence-corrected chi connectivity index (χ4v) is 4.37. The van der Waals surface area contributed by atoms with Crippen LogP contribution in [0.3, 0.4) is 0 Å². The number of carbonyl (C=O) groups is 1. The summed E-state index contributed by atoms with van der Waals surface area (Å²) in [5, 5.41) is 10.1. The predicted molar refractivity (Wildman–Crippen MR) is 96.7 cm³/mol. The minimum atomic E-state index is -0.304. The number of nitrogens with zero attached hydrogens (tertiary/aromatic N) is 2. The normalized spacial score (nSPS) is 20.8. The Labute approximate surface area is 150 Å². The number of carbonyl (C=O) groups excluding carboxylic acids is 1. The van der Waals surface area contributed by atoms with Crippen molar-refractivity contribution in [1.82, 2.24) is 20.1 Å². The van der Waals surface area contributed by atoms with Crippen molar-refractivity contribution in [2.45, 2.75) is 61.5 Å². The number of hydrogen-bond acceptors (Lipinski definition) is 4. The highest BCUT2D eigenvalue weighted by atomic mass is 32.2. The zero-order valence-corrected chi connectivity index (χ0v) is 15.0. The van der Waals surface area contributed by atoms with Gasteiger partial charge >= 0.3 is 5.69 Å². The van der Waals surface area contributed by atoms with Crippen LogP contribution in [0.25, 0.3) is 0 Å². The van der Waals surface area contributed by atoms with E-state index < -0.39 is 0 Å². The van der Waals surface area contributed by atoms with Crippen LogP contribution in [0.5, 0.6) is 0 Å². The van der Waals surface area contributed by atoms with Gasteiger partial charge in [0, 0.05) is 6.04 Å². The lowest BCUT2D eigenvalue weighted by molar-refractivity contribution is -0.121. The lowest BCUT2D eigenvalue weighted by Crippen LogP contribution is -2.36. The van der Waals surface area contributed by atoms with Crippen molar-refractivity contribution in [2.24, 2.45) is 0 Å². The number of benzene rings is 1. The van der Waals surface area contributed by atoms with E-state index in [1.165, 1.54) is 22.9 Å². The molecule has 0 aliphatic heterocycles. The van der Waals surface area contributed by atoms with Crippen LogP contribution in [0.2, 0.25) is 0 Å². The molecule has 2 aliphatic carbocycles. The first kappa shape index (κ1) is 16.4. The minimum Gasteiger partial charge on any atom is -0.348 e. The molecule has 0 spiro atoms. The third-order valence-corrected chi connectivity index (χ3v) is 5.99. The Morgan fingerprint density at radius 1 is 1.36 bits per heavy atom.